The van der Waals surface area contributed by atoms with Crippen LogP contribution in [0.2, 0.25) is 0 Å². The number of urea groups is 1. The Morgan fingerprint density at radius 2 is 2.05 bits per heavy atom. The van der Waals surface area contributed by atoms with Gasteiger partial charge in [-0.1, -0.05) is 6.07 Å². The van der Waals surface area contributed by atoms with Crippen LogP contribution in [-0.2, 0) is 0 Å². The van der Waals surface area contributed by atoms with E-state index in [0.29, 0.717) is 18.9 Å². The Morgan fingerprint density at radius 1 is 1.30 bits per heavy atom. The van der Waals surface area contributed by atoms with Crippen molar-refractivity contribution in [2.45, 2.75) is 19.8 Å². The predicted octanol–water partition coefficient (Wildman–Crippen LogP) is 2.19. The lowest BCUT2D eigenvalue weighted by atomic mass is 10.2. The number of nitrogens with zero attached hydrogens (tertiary/aromatic N) is 1. The highest BCUT2D eigenvalue weighted by atomic mass is 16.5. The summed E-state index contributed by atoms with van der Waals surface area (Å²) in [5.74, 6) is 1.42. The summed E-state index contributed by atoms with van der Waals surface area (Å²) >= 11 is 0. The van der Waals surface area contributed by atoms with Crippen LogP contribution in [-0.4, -0.2) is 44.3 Å². The van der Waals surface area contributed by atoms with E-state index in [0.717, 1.165) is 37.2 Å². The average Bonchev–Trinajstić information content (AvgIpc) is 2.98. The normalized spacial score (nSPS) is 14.2. The number of hydrogen-bond acceptors (Lipinski definition) is 3. The van der Waals surface area contributed by atoms with Gasteiger partial charge in [0.25, 0.3) is 0 Å². The van der Waals surface area contributed by atoms with E-state index >= 15 is 0 Å². The topological polar surface area (TPSA) is 50.8 Å². The molecule has 1 saturated heterocycles. The van der Waals surface area contributed by atoms with Gasteiger partial charge in [0.1, 0.15) is 6.61 Å². The molecule has 0 aromatic heterocycles. The van der Waals surface area contributed by atoms with Crippen LogP contribution in [0.25, 0.3) is 0 Å². The maximum atomic E-state index is 11.8. The van der Waals surface area contributed by atoms with Crippen LogP contribution >= 0.6 is 0 Å². The second-order valence-electron chi connectivity index (χ2n) is 4.93. The molecule has 5 nitrogen and oxygen atoms in total. The Labute approximate surface area is 119 Å². The van der Waals surface area contributed by atoms with Gasteiger partial charge in [-0.15, -0.1) is 0 Å². The molecule has 1 aliphatic heterocycles. The molecule has 0 saturated carbocycles. The quantitative estimate of drug-likeness (QED) is 0.840. The van der Waals surface area contributed by atoms with Crippen LogP contribution in [0.3, 0.4) is 0 Å². The third kappa shape index (κ3) is 3.79. The summed E-state index contributed by atoms with van der Waals surface area (Å²) in [4.78, 5) is 13.6. The van der Waals surface area contributed by atoms with Crippen LogP contribution in [0.15, 0.2) is 18.2 Å². The van der Waals surface area contributed by atoms with Crippen molar-refractivity contribution >= 4 is 6.03 Å². The van der Waals surface area contributed by atoms with Crippen molar-refractivity contribution in [2.75, 3.05) is 33.4 Å². The highest BCUT2D eigenvalue weighted by molar-refractivity contribution is 5.74. The zero-order chi connectivity index (χ0) is 14.4. The fraction of sp³-hybridized carbons (Fsp3) is 0.533. The largest absolute Gasteiger partial charge is 0.493 e. The predicted molar refractivity (Wildman–Crippen MR) is 77.4 cm³/mol. The number of benzene rings is 1. The number of nitrogens with one attached hydrogen (secondary N) is 1. The minimum Gasteiger partial charge on any atom is -0.493 e. The van der Waals surface area contributed by atoms with E-state index < -0.39 is 0 Å². The number of methoxy groups -OCH3 is 1. The first-order chi connectivity index (χ1) is 9.70. The molecule has 0 atom stereocenters. The lowest BCUT2D eigenvalue weighted by Crippen LogP contribution is -2.39. The van der Waals surface area contributed by atoms with Crippen molar-refractivity contribution in [2.24, 2.45) is 0 Å². The molecule has 0 spiro atoms. The minimum atomic E-state index is 0.00183. The second kappa shape index (κ2) is 7.03. The zero-order valence-corrected chi connectivity index (χ0v) is 12.1. The van der Waals surface area contributed by atoms with Gasteiger partial charge in [-0.05, 0) is 37.5 Å². The SMILES string of the molecule is COc1cc(C)ccc1OCCNC(=O)N1CCCC1. The minimum absolute atomic E-state index is 0.00183. The van der Waals surface area contributed by atoms with Crippen LogP contribution in [0.4, 0.5) is 4.79 Å². The third-order valence-corrected chi connectivity index (χ3v) is 3.35. The highest BCUT2D eigenvalue weighted by Crippen LogP contribution is 2.27. The van der Waals surface area contributed by atoms with Gasteiger partial charge in [0.05, 0.1) is 13.7 Å². The first kappa shape index (κ1) is 14.5. The maximum absolute atomic E-state index is 11.8. The van der Waals surface area contributed by atoms with Gasteiger partial charge in [-0.25, -0.2) is 4.79 Å². The molecule has 1 fully saturated rings. The van der Waals surface area contributed by atoms with Gasteiger partial charge in [0.2, 0.25) is 0 Å². The fourth-order valence-corrected chi connectivity index (χ4v) is 2.25. The molecule has 1 aromatic rings. The number of rotatable bonds is 5. The molecule has 110 valence electrons. The number of aryl methyl sites for hydroxylation is 1. The first-order valence-electron chi connectivity index (χ1n) is 7.01. The van der Waals surface area contributed by atoms with Gasteiger partial charge in [-0.2, -0.15) is 0 Å². The van der Waals surface area contributed by atoms with Gasteiger partial charge >= 0.3 is 6.03 Å². The van der Waals surface area contributed by atoms with Crippen molar-refractivity contribution < 1.29 is 14.3 Å². The smallest absolute Gasteiger partial charge is 0.317 e. The molecular formula is C15H22N2O3. The molecule has 2 rings (SSSR count). The lowest BCUT2D eigenvalue weighted by Gasteiger charge is -2.16. The van der Waals surface area contributed by atoms with Crippen LogP contribution in [0, 0.1) is 6.92 Å². The lowest BCUT2D eigenvalue weighted by molar-refractivity contribution is 0.205. The molecule has 20 heavy (non-hydrogen) atoms. The molecule has 1 heterocycles. The Kier molecular flexibility index (Phi) is 5.09. The number of amides is 2. The molecule has 2 amide bonds. The molecule has 1 N–H and O–H groups in total. The first-order valence-corrected chi connectivity index (χ1v) is 7.01. The summed E-state index contributed by atoms with van der Waals surface area (Å²) in [6.07, 6.45) is 2.20. The second-order valence-corrected chi connectivity index (χ2v) is 4.93. The molecule has 0 bridgehead atoms. The van der Waals surface area contributed by atoms with Crippen molar-refractivity contribution in [3.8, 4) is 11.5 Å². The van der Waals surface area contributed by atoms with Crippen molar-refractivity contribution in [3.63, 3.8) is 0 Å². The number of ether oxygens (including phenoxy) is 2. The van der Waals surface area contributed by atoms with Gasteiger partial charge < -0.3 is 19.7 Å². The van der Waals surface area contributed by atoms with Crippen LogP contribution < -0.4 is 14.8 Å². The van der Waals surface area contributed by atoms with E-state index in [9.17, 15) is 4.79 Å². The third-order valence-electron chi connectivity index (χ3n) is 3.35. The zero-order valence-electron chi connectivity index (χ0n) is 12.1. The van der Waals surface area contributed by atoms with E-state index in [1.54, 1.807) is 7.11 Å². The van der Waals surface area contributed by atoms with E-state index in [4.69, 9.17) is 9.47 Å². The van der Waals surface area contributed by atoms with Crippen molar-refractivity contribution in [1.29, 1.82) is 0 Å². The summed E-state index contributed by atoms with van der Waals surface area (Å²) in [6.45, 7) is 4.64. The van der Waals surface area contributed by atoms with Gasteiger partial charge in [-0.3, -0.25) is 0 Å². The molecule has 1 aliphatic rings. The number of carbonyl (C=O) groups is 1. The van der Waals surface area contributed by atoms with Crippen LogP contribution in [0.1, 0.15) is 18.4 Å². The average molecular weight is 278 g/mol. The standard InChI is InChI=1S/C15H22N2O3/c1-12-5-6-13(14(11-12)19-2)20-10-7-16-15(18)17-8-3-4-9-17/h5-6,11H,3-4,7-10H2,1-2H3,(H,16,18). The summed E-state index contributed by atoms with van der Waals surface area (Å²) in [6, 6.07) is 5.79. The number of hydrogen-bond donors (Lipinski definition) is 1. The summed E-state index contributed by atoms with van der Waals surface area (Å²) < 4.78 is 10.9. The Bertz CT molecular complexity index is 456. The highest BCUT2D eigenvalue weighted by Gasteiger charge is 2.16. The molecular weight excluding hydrogens is 256 g/mol. The van der Waals surface area contributed by atoms with E-state index in [-0.39, 0.29) is 6.03 Å². The molecule has 0 unspecified atom stereocenters. The van der Waals surface area contributed by atoms with E-state index in [1.807, 2.05) is 30.0 Å². The molecule has 5 heteroatoms. The number of likely N-dealkylation sites (tertiary alicyclic amines) is 1. The maximum Gasteiger partial charge on any atom is 0.317 e. The van der Waals surface area contributed by atoms with Crippen LogP contribution in [0.5, 0.6) is 11.5 Å². The Morgan fingerprint density at radius 3 is 2.75 bits per heavy atom. The Hall–Kier alpha value is -1.91. The van der Waals surface area contributed by atoms with Crippen molar-refractivity contribution in [1.82, 2.24) is 10.2 Å². The summed E-state index contributed by atoms with van der Waals surface area (Å²) in [5, 5.41) is 2.86. The number of carbonyl (C=O) groups excluding carboxylic acids is 1. The van der Waals surface area contributed by atoms with Crippen molar-refractivity contribution in [3.05, 3.63) is 23.8 Å². The van der Waals surface area contributed by atoms with E-state index in [1.165, 1.54) is 0 Å². The monoisotopic (exact) mass is 278 g/mol. The summed E-state index contributed by atoms with van der Waals surface area (Å²) in [5.41, 5.74) is 1.12. The van der Waals surface area contributed by atoms with E-state index in [2.05, 4.69) is 5.32 Å². The summed E-state index contributed by atoms with van der Waals surface area (Å²) in [7, 11) is 1.62. The Balaban J connectivity index is 1.74. The van der Waals surface area contributed by atoms with Gasteiger partial charge in [0.15, 0.2) is 11.5 Å². The molecule has 0 aliphatic carbocycles. The van der Waals surface area contributed by atoms with Gasteiger partial charge in [0, 0.05) is 13.1 Å². The molecule has 1 aromatic carbocycles. The fourth-order valence-electron chi connectivity index (χ4n) is 2.25. The molecule has 0 radical (unpaired) electrons.